The van der Waals surface area contributed by atoms with Crippen molar-refractivity contribution < 1.29 is 19.1 Å². The van der Waals surface area contributed by atoms with Gasteiger partial charge in [-0.25, -0.2) is 0 Å². The fourth-order valence-electron chi connectivity index (χ4n) is 3.11. The lowest BCUT2D eigenvalue weighted by Crippen LogP contribution is -2.32. The summed E-state index contributed by atoms with van der Waals surface area (Å²) in [6, 6.07) is 21.9. The van der Waals surface area contributed by atoms with Crippen LogP contribution in [-0.4, -0.2) is 31.1 Å². The minimum Gasteiger partial charge on any atom is -0.493 e. The van der Waals surface area contributed by atoms with Crippen molar-refractivity contribution in [2.75, 3.05) is 24.9 Å². The van der Waals surface area contributed by atoms with Gasteiger partial charge in [0.25, 0.3) is 0 Å². The van der Waals surface area contributed by atoms with E-state index in [0.29, 0.717) is 22.9 Å². The van der Waals surface area contributed by atoms with Gasteiger partial charge in [0.2, 0.25) is 11.8 Å². The van der Waals surface area contributed by atoms with Gasteiger partial charge in [0, 0.05) is 17.5 Å². The van der Waals surface area contributed by atoms with E-state index in [4.69, 9.17) is 21.7 Å². The van der Waals surface area contributed by atoms with Crippen molar-refractivity contribution in [1.29, 1.82) is 0 Å². The van der Waals surface area contributed by atoms with Crippen LogP contribution in [0.15, 0.2) is 78.9 Å². The second kappa shape index (κ2) is 12.2. The third-order valence-corrected chi connectivity index (χ3v) is 4.89. The van der Waals surface area contributed by atoms with Crippen molar-refractivity contribution in [3.05, 3.63) is 90.0 Å². The lowest BCUT2D eigenvalue weighted by molar-refractivity contribution is -0.116. The summed E-state index contributed by atoms with van der Waals surface area (Å²) >= 11 is 5.23. The van der Waals surface area contributed by atoms with E-state index in [9.17, 15) is 9.59 Å². The van der Waals surface area contributed by atoms with Gasteiger partial charge in [-0.2, -0.15) is 0 Å². The molecule has 174 valence electrons. The van der Waals surface area contributed by atoms with Gasteiger partial charge in [-0.05, 0) is 59.8 Å². The van der Waals surface area contributed by atoms with Crippen LogP contribution in [-0.2, 0) is 16.0 Å². The first-order valence-corrected chi connectivity index (χ1v) is 10.8. The van der Waals surface area contributed by atoms with Gasteiger partial charge in [-0.15, -0.1) is 0 Å². The minimum atomic E-state index is -0.389. The zero-order chi connectivity index (χ0) is 24.3. The highest BCUT2D eigenvalue weighted by Gasteiger charge is 2.07. The first-order chi connectivity index (χ1) is 16.5. The van der Waals surface area contributed by atoms with E-state index < -0.39 is 0 Å². The Hall–Kier alpha value is -4.17. The number of anilines is 2. The van der Waals surface area contributed by atoms with Crippen LogP contribution in [0, 0.1) is 0 Å². The van der Waals surface area contributed by atoms with Crippen LogP contribution < -0.4 is 25.4 Å². The molecule has 0 aliphatic carbocycles. The Morgan fingerprint density at radius 2 is 1.56 bits per heavy atom. The molecular formula is C26H25N3O4S. The molecule has 0 aliphatic rings. The molecule has 3 rings (SSSR count). The summed E-state index contributed by atoms with van der Waals surface area (Å²) in [5, 5.41) is 8.53. The number of rotatable bonds is 8. The molecule has 0 fully saturated rings. The van der Waals surface area contributed by atoms with E-state index in [2.05, 4.69) is 16.0 Å². The highest BCUT2D eigenvalue weighted by Crippen LogP contribution is 2.27. The van der Waals surface area contributed by atoms with Crippen LogP contribution >= 0.6 is 12.2 Å². The Labute approximate surface area is 203 Å². The summed E-state index contributed by atoms with van der Waals surface area (Å²) in [5.41, 5.74) is 2.95. The maximum atomic E-state index is 12.3. The van der Waals surface area contributed by atoms with Crippen LogP contribution in [0.3, 0.4) is 0 Å². The Morgan fingerprint density at radius 3 is 2.26 bits per heavy atom. The maximum Gasteiger partial charge on any atom is 0.250 e. The number of carbonyl (C=O) groups excluding carboxylic acids is 2. The van der Waals surface area contributed by atoms with E-state index in [1.165, 1.54) is 6.08 Å². The predicted molar refractivity (Wildman–Crippen MR) is 138 cm³/mol. The van der Waals surface area contributed by atoms with Crippen molar-refractivity contribution in [3.8, 4) is 11.5 Å². The van der Waals surface area contributed by atoms with E-state index >= 15 is 0 Å². The fourth-order valence-corrected chi connectivity index (χ4v) is 3.32. The van der Waals surface area contributed by atoms with Crippen LogP contribution in [0.4, 0.5) is 11.4 Å². The minimum absolute atomic E-state index is 0.125. The lowest BCUT2D eigenvalue weighted by atomic mass is 10.1. The van der Waals surface area contributed by atoms with Gasteiger partial charge in [0.15, 0.2) is 16.6 Å². The quantitative estimate of drug-likeness (QED) is 0.330. The Balaban J connectivity index is 1.53. The number of hydrogen-bond acceptors (Lipinski definition) is 5. The van der Waals surface area contributed by atoms with Crippen molar-refractivity contribution in [2.45, 2.75) is 6.42 Å². The second-order valence-electron chi connectivity index (χ2n) is 7.18. The molecule has 0 aromatic heterocycles. The molecule has 0 heterocycles. The third kappa shape index (κ3) is 7.46. The average molecular weight is 476 g/mol. The topological polar surface area (TPSA) is 88.7 Å². The number of ether oxygens (including phenoxy) is 2. The van der Waals surface area contributed by atoms with Crippen molar-refractivity contribution in [2.24, 2.45) is 0 Å². The van der Waals surface area contributed by atoms with E-state index in [1.807, 2.05) is 30.3 Å². The molecule has 7 nitrogen and oxygen atoms in total. The van der Waals surface area contributed by atoms with E-state index in [1.54, 1.807) is 62.8 Å². The lowest BCUT2D eigenvalue weighted by Gasteiger charge is -2.11. The fraction of sp³-hybridized carbons (Fsp3) is 0.115. The zero-order valence-electron chi connectivity index (χ0n) is 18.8. The molecule has 0 bridgehead atoms. The van der Waals surface area contributed by atoms with Gasteiger partial charge in [0.1, 0.15) is 0 Å². The molecule has 0 saturated carbocycles. The van der Waals surface area contributed by atoms with Gasteiger partial charge in [0.05, 0.1) is 20.6 Å². The third-order valence-electron chi connectivity index (χ3n) is 4.68. The SMILES string of the molecule is COc1ccc(/C=C/C(=O)NC(=S)Nc2cccc(NC(=O)Cc3ccccc3)c2)cc1OC. The van der Waals surface area contributed by atoms with Crippen molar-refractivity contribution >= 4 is 46.6 Å². The normalized spacial score (nSPS) is 10.4. The number of nitrogens with one attached hydrogen (secondary N) is 3. The van der Waals surface area contributed by atoms with Crippen LogP contribution in [0.2, 0.25) is 0 Å². The molecule has 34 heavy (non-hydrogen) atoms. The van der Waals surface area contributed by atoms with Crippen LogP contribution in [0.5, 0.6) is 11.5 Å². The predicted octanol–water partition coefficient (Wildman–Crippen LogP) is 4.41. The smallest absolute Gasteiger partial charge is 0.250 e. The average Bonchev–Trinajstić information content (AvgIpc) is 2.83. The van der Waals surface area contributed by atoms with Crippen LogP contribution in [0.1, 0.15) is 11.1 Å². The van der Waals surface area contributed by atoms with Gasteiger partial charge >= 0.3 is 0 Å². The molecule has 0 spiro atoms. The number of amides is 2. The summed E-state index contributed by atoms with van der Waals surface area (Å²) in [5.74, 6) is 0.657. The number of methoxy groups -OCH3 is 2. The standard InChI is InChI=1S/C26H25N3O4S/c1-32-22-13-11-19(15-23(22)33-2)12-14-24(30)29-26(34)28-21-10-6-9-20(17-21)27-25(31)16-18-7-4-3-5-8-18/h3-15,17H,16H2,1-2H3,(H,27,31)(H2,28,29,30,34)/b14-12+. The summed E-state index contributed by atoms with van der Waals surface area (Å²) in [6.07, 6.45) is 3.29. The summed E-state index contributed by atoms with van der Waals surface area (Å²) in [6.45, 7) is 0. The number of hydrogen-bond donors (Lipinski definition) is 3. The summed E-state index contributed by atoms with van der Waals surface area (Å²) in [4.78, 5) is 24.5. The Morgan fingerprint density at radius 1 is 0.853 bits per heavy atom. The van der Waals surface area contributed by atoms with Crippen molar-refractivity contribution in [1.82, 2.24) is 5.32 Å². The van der Waals surface area contributed by atoms with Gasteiger partial charge in [-0.1, -0.05) is 42.5 Å². The molecule has 0 aliphatic heterocycles. The number of benzene rings is 3. The first kappa shape index (κ1) is 24.5. The van der Waals surface area contributed by atoms with Gasteiger partial charge in [-0.3, -0.25) is 14.9 Å². The largest absolute Gasteiger partial charge is 0.493 e. The molecule has 0 atom stereocenters. The molecule has 3 N–H and O–H groups in total. The molecular weight excluding hydrogens is 450 g/mol. The second-order valence-corrected chi connectivity index (χ2v) is 7.59. The molecule has 0 unspecified atom stereocenters. The highest BCUT2D eigenvalue weighted by molar-refractivity contribution is 7.80. The van der Waals surface area contributed by atoms with Gasteiger partial charge < -0.3 is 20.1 Å². The summed E-state index contributed by atoms with van der Waals surface area (Å²) < 4.78 is 10.5. The maximum absolute atomic E-state index is 12.3. The number of carbonyl (C=O) groups is 2. The highest BCUT2D eigenvalue weighted by atomic mass is 32.1. The molecule has 0 saturated heterocycles. The van der Waals surface area contributed by atoms with Crippen LogP contribution in [0.25, 0.3) is 6.08 Å². The van der Waals surface area contributed by atoms with Crippen molar-refractivity contribution in [3.63, 3.8) is 0 Å². The summed E-state index contributed by atoms with van der Waals surface area (Å²) in [7, 11) is 3.11. The number of thiocarbonyl (C=S) groups is 1. The first-order valence-electron chi connectivity index (χ1n) is 10.4. The zero-order valence-corrected chi connectivity index (χ0v) is 19.6. The molecule has 3 aromatic carbocycles. The van der Waals surface area contributed by atoms with E-state index in [-0.39, 0.29) is 23.3 Å². The van der Waals surface area contributed by atoms with E-state index in [0.717, 1.165) is 11.1 Å². The molecule has 0 radical (unpaired) electrons. The monoisotopic (exact) mass is 475 g/mol. The molecule has 8 heteroatoms. The Bertz CT molecular complexity index is 1200. The molecule has 3 aromatic rings. The molecule has 2 amide bonds. The Kier molecular flexibility index (Phi) is 8.76.